The molecule has 0 saturated carbocycles. The summed E-state index contributed by atoms with van der Waals surface area (Å²) in [6.07, 6.45) is 11.4. The lowest BCUT2D eigenvalue weighted by atomic mass is 10.1. The first-order valence-electron chi connectivity index (χ1n) is 12.9. The van der Waals surface area contributed by atoms with Crippen LogP contribution < -0.4 is 20.3 Å². The van der Waals surface area contributed by atoms with Crippen LogP contribution in [0.5, 0.6) is 5.75 Å². The fraction of sp³-hybridized carbons (Fsp3) is 0.241. The van der Waals surface area contributed by atoms with Crippen LogP contribution in [0.4, 0.5) is 21.9 Å². The second kappa shape index (κ2) is 9.25. The highest BCUT2D eigenvalue weighted by molar-refractivity contribution is 6.16. The Kier molecular flexibility index (Phi) is 5.55. The Bertz CT molecular complexity index is 1630. The maximum Gasteiger partial charge on any atom is 0.323 e. The van der Waals surface area contributed by atoms with Crippen molar-refractivity contribution in [1.29, 1.82) is 0 Å². The maximum absolute atomic E-state index is 13.4. The first-order chi connectivity index (χ1) is 19.0. The number of aromatic nitrogens is 3. The normalized spacial score (nSPS) is 20.8. The number of nitrogens with one attached hydrogen (secondary N) is 2. The van der Waals surface area contributed by atoms with Crippen LogP contribution in [0.25, 0.3) is 17.1 Å². The van der Waals surface area contributed by atoms with Gasteiger partial charge in [-0.3, -0.25) is 9.78 Å². The molecule has 2 N–H and O–H groups in total. The Hall–Kier alpha value is -4.70. The summed E-state index contributed by atoms with van der Waals surface area (Å²) in [6.45, 7) is 1.68. The predicted octanol–water partition coefficient (Wildman–Crippen LogP) is 4.60. The number of fused-ring (bicyclic) bond motifs is 4. The van der Waals surface area contributed by atoms with Gasteiger partial charge in [0.1, 0.15) is 11.4 Å². The second-order valence-corrected chi connectivity index (χ2v) is 10.1. The SMILES string of the molecule is Cn1cc(C=C2Oc3ccc(NC(=O)Nc4cccnc4)cc3C2=O)c2c(N3CC4CCC(C3)O4)ccnc21. The fourth-order valence-corrected chi connectivity index (χ4v) is 5.64. The van der Waals surface area contributed by atoms with Gasteiger partial charge in [-0.15, -0.1) is 0 Å². The Labute approximate surface area is 224 Å². The largest absolute Gasteiger partial charge is 0.452 e. The molecule has 3 aliphatic rings. The molecule has 39 heavy (non-hydrogen) atoms. The molecule has 0 radical (unpaired) electrons. The number of Topliss-reactive ketones (excluding diaryl/α,β-unsaturated/α-hetero) is 1. The van der Waals surface area contributed by atoms with Gasteiger partial charge >= 0.3 is 6.03 Å². The van der Waals surface area contributed by atoms with E-state index < -0.39 is 6.03 Å². The van der Waals surface area contributed by atoms with Crippen LogP contribution in [0.15, 0.2) is 66.9 Å². The maximum atomic E-state index is 13.4. The first-order valence-corrected chi connectivity index (χ1v) is 12.9. The second-order valence-electron chi connectivity index (χ2n) is 10.1. The summed E-state index contributed by atoms with van der Waals surface area (Å²) < 4.78 is 14.0. The molecule has 10 nitrogen and oxygen atoms in total. The van der Waals surface area contributed by atoms with Crippen LogP contribution in [0.3, 0.4) is 0 Å². The molecule has 2 atom stereocenters. The summed E-state index contributed by atoms with van der Waals surface area (Å²) in [5.74, 6) is 0.437. The van der Waals surface area contributed by atoms with Crippen molar-refractivity contribution in [2.75, 3.05) is 28.6 Å². The van der Waals surface area contributed by atoms with Crippen LogP contribution >= 0.6 is 0 Å². The Balaban J connectivity index is 1.16. The van der Waals surface area contributed by atoms with E-state index in [0.29, 0.717) is 22.7 Å². The number of aryl methyl sites for hydroxylation is 1. The van der Waals surface area contributed by atoms with E-state index in [-0.39, 0.29) is 23.8 Å². The number of urea groups is 1. The highest BCUT2D eigenvalue weighted by Gasteiger charge is 2.35. The van der Waals surface area contributed by atoms with Crippen molar-refractivity contribution in [3.63, 3.8) is 0 Å². The van der Waals surface area contributed by atoms with E-state index in [1.807, 2.05) is 30.1 Å². The minimum absolute atomic E-state index is 0.228. The first kappa shape index (κ1) is 23.4. The van der Waals surface area contributed by atoms with Crippen molar-refractivity contribution >= 4 is 46.0 Å². The van der Waals surface area contributed by atoms with Gasteiger partial charge in [0.05, 0.1) is 35.3 Å². The molecule has 2 amide bonds. The van der Waals surface area contributed by atoms with Gasteiger partial charge in [0, 0.05) is 55.4 Å². The third-order valence-corrected chi connectivity index (χ3v) is 7.38. The third-order valence-electron chi connectivity index (χ3n) is 7.38. The number of ketones is 1. The van der Waals surface area contributed by atoms with Gasteiger partial charge in [-0.2, -0.15) is 0 Å². The van der Waals surface area contributed by atoms with Gasteiger partial charge in [0.2, 0.25) is 5.78 Å². The number of pyridine rings is 2. The number of amides is 2. The zero-order chi connectivity index (χ0) is 26.5. The average Bonchev–Trinajstić information content (AvgIpc) is 3.56. The predicted molar refractivity (Wildman–Crippen MR) is 147 cm³/mol. The highest BCUT2D eigenvalue weighted by atomic mass is 16.5. The van der Waals surface area contributed by atoms with Crippen molar-refractivity contribution in [1.82, 2.24) is 14.5 Å². The van der Waals surface area contributed by atoms with E-state index in [9.17, 15) is 9.59 Å². The van der Waals surface area contributed by atoms with Crippen LogP contribution in [0.2, 0.25) is 0 Å². The van der Waals surface area contributed by atoms with Crippen molar-refractivity contribution in [3.8, 4) is 5.75 Å². The molecule has 2 unspecified atom stereocenters. The lowest BCUT2D eigenvalue weighted by Crippen LogP contribution is -2.42. The number of benzene rings is 1. The number of carbonyl (C=O) groups excluding carboxylic acids is 2. The van der Waals surface area contributed by atoms with Crippen LogP contribution in [0.1, 0.15) is 28.8 Å². The van der Waals surface area contributed by atoms with Gasteiger partial charge in [-0.1, -0.05) is 0 Å². The minimum Gasteiger partial charge on any atom is -0.452 e. The molecule has 1 aromatic carbocycles. The molecule has 7 rings (SSSR count). The van der Waals surface area contributed by atoms with E-state index in [1.54, 1.807) is 48.8 Å². The molecular weight excluding hydrogens is 496 g/mol. The summed E-state index contributed by atoms with van der Waals surface area (Å²) in [4.78, 5) is 36.7. The number of carbonyl (C=O) groups is 2. The average molecular weight is 523 g/mol. The number of nitrogens with zero attached hydrogens (tertiary/aromatic N) is 4. The van der Waals surface area contributed by atoms with Gasteiger partial charge in [0.15, 0.2) is 5.76 Å². The Morgan fingerprint density at radius 1 is 1.08 bits per heavy atom. The molecule has 2 fully saturated rings. The van der Waals surface area contributed by atoms with E-state index in [4.69, 9.17) is 9.47 Å². The van der Waals surface area contributed by atoms with Crippen LogP contribution in [-0.2, 0) is 11.8 Å². The number of allylic oxidation sites excluding steroid dienone is 1. The molecule has 3 aliphatic heterocycles. The molecule has 0 spiro atoms. The molecule has 196 valence electrons. The molecule has 4 aromatic rings. The smallest absolute Gasteiger partial charge is 0.323 e. The lowest BCUT2D eigenvalue weighted by molar-refractivity contribution is 0.0306. The van der Waals surface area contributed by atoms with Crippen molar-refractivity contribution in [3.05, 3.63) is 78.1 Å². The Morgan fingerprint density at radius 3 is 2.69 bits per heavy atom. The Morgan fingerprint density at radius 2 is 1.90 bits per heavy atom. The highest BCUT2D eigenvalue weighted by Crippen LogP contribution is 2.38. The zero-order valence-corrected chi connectivity index (χ0v) is 21.3. The number of rotatable bonds is 4. The monoisotopic (exact) mass is 522 g/mol. The fourth-order valence-electron chi connectivity index (χ4n) is 5.64. The molecule has 2 bridgehead atoms. The van der Waals surface area contributed by atoms with Gasteiger partial charge in [-0.25, -0.2) is 9.78 Å². The summed E-state index contributed by atoms with van der Waals surface area (Å²) in [6, 6.07) is 10.1. The summed E-state index contributed by atoms with van der Waals surface area (Å²) >= 11 is 0. The number of hydrogen-bond donors (Lipinski definition) is 2. The molecular formula is C29H26N6O4. The van der Waals surface area contributed by atoms with Crippen molar-refractivity contribution in [2.45, 2.75) is 25.0 Å². The number of morpholine rings is 1. The molecule has 3 aromatic heterocycles. The summed E-state index contributed by atoms with van der Waals surface area (Å²) in [5, 5.41) is 6.45. The number of hydrogen-bond acceptors (Lipinski definition) is 7. The standard InChI is InChI=1S/C29H26N6O4/c1-34-14-17(26-23(8-10-31-28(26)34)35-15-20-5-6-21(16-35)38-20)11-25-27(36)22-12-18(4-7-24(22)39-25)32-29(37)33-19-3-2-9-30-13-19/h2-4,7-14,20-21H,5-6,15-16H2,1H3,(H2,32,33,37). The molecule has 10 heteroatoms. The van der Waals surface area contributed by atoms with E-state index in [2.05, 4.69) is 25.5 Å². The van der Waals surface area contributed by atoms with E-state index in [0.717, 1.165) is 48.2 Å². The van der Waals surface area contributed by atoms with E-state index in [1.165, 1.54) is 0 Å². The van der Waals surface area contributed by atoms with Gasteiger partial charge in [0.25, 0.3) is 0 Å². The summed E-state index contributed by atoms with van der Waals surface area (Å²) in [5.41, 5.74) is 4.22. The van der Waals surface area contributed by atoms with Crippen molar-refractivity contribution < 1.29 is 19.1 Å². The van der Waals surface area contributed by atoms with Gasteiger partial charge in [-0.05, 0) is 55.3 Å². The molecule has 0 aliphatic carbocycles. The lowest BCUT2D eigenvalue weighted by Gasteiger charge is -2.34. The quantitative estimate of drug-likeness (QED) is 0.377. The molecule has 2 saturated heterocycles. The van der Waals surface area contributed by atoms with Gasteiger partial charge < -0.3 is 29.6 Å². The summed E-state index contributed by atoms with van der Waals surface area (Å²) in [7, 11) is 1.95. The third kappa shape index (κ3) is 4.28. The van der Waals surface area contributed by atoms with Crippen molar-refractivity contribution in [2.24, 2.45) is 7.05 Å². The zero-order valence-electron chi connectivity index (χ0n) is 21.3. The minimum atomic E-state index is -0.433. The topological polar surface area (TPSA) is 111 Å². The van der Waals surface area contributed by atoms with Crippen LogP contribution in [0, 0.1) is 0 Å². The number of ether oxygens (including phenoxy) is 2. The molecule has 6 heterocycles. The van der Waals surface area contributed by atoms with E-state index >= 15 is 0 Å². The number of anilines is 3. The van der Waals surface area contributed by atoms with Crippen LogP contribution in [-0.4, -0.2) is 51.6 Å².